The number of esters is 1. The maximum Gasteiger partial charge on any atom is 0.337 e. The zero-order chi connectivity index (χ0) is 20.8. The lowest BCUT2D eigenvalue weighted by molar-refractivity contribution is 0.0600. The van der Waals surface area contributed by atoms with E-state index in [4.69, 9.17) is 9.47 Å². The van der Waals surface area contributed by atoms with Crippen LogP contribution in [-0.4, -0.2) is 56.3 Å². The predicted molar refractivity (Wildman–Crippen MR) is 113 cm³/mol. The van der Waals surface area contributed by atoms with E-state index in [0.717, 1.165) is 5.69 Å². The Morgan fingerprint density at radius 1 is 1.00 bits per heavy atom. The Labute approximate surface area is 171 Å². The SMILES string of the molecule is COC(=O)c1cccc(N2CCN(C(=O)Nc3ccccc3OC(C)C)CC2)c1. The minimum atomic E-state index is -0.354. The van der Waals surface area contributed by atoms with E-state index in [-0.39, 0.29) is 18.1 Å². The maximum absolute atomic E-state index is 12.7. The van der Waals surface area contributed by atoms with Crippen molar-refractivity contribution in [1.29, 1.82) is 0 Å². The van der Waals surface area contributed by atoms with Crippen LogP contribution in [0.2, 0.25) is 0 Å². The molecule has 1 saturated heterocycles. The van der Waals surface area contributed by atoms with Crippen LogP contribution in [0.15, 0.2) is 48.5 Å². The first-order valence-electron chi connectivity index (χ1n) is 9.73. The number of ether oxygens (including phenoxy) is 2. The Balaban J connectivity index is 1.60. The number of hydrogen-bond acceptors (Lipinski definition) is 5. The highest BCUT2D eigenvalue weighted by atomic mass is 16.5. The quantitative estimate of drug-likeness (QED) is 0.781. The van der Waals surface area contributed by atoms with Crippen molar-refractivity contribution in [3.8, 4) is 5.75 Å². The van der Waals surface area contributed by atoms with Crippen molar-refractivity contribution in [1.82, 2.24) is 4.90 Å². The lowest BCUT2D eigenvalue weighted by Crippen LogP contribution is -2.50. The summed E-state index contributed by atoms with van der Waals surface area (Å²) in [5.74, 6) is 0.307. The lowest BCUT2D eigenvalue weighted by atomic mass is 10.1. The van der Waals surface area contributed by atoms with Gasteiger partial charge in [-0.05, 0) is 44.2 Å². The molecule has 3 rings (SSSR count). The zero-order valence-electron chi connectivity index (χ0n) is 17.1. The van der Waals surface area contributed by atoms with Crippen LogP contribution < -0.4 is 15.0 Å². The van der Waals surface area contributed by atoms with Gasteiger partial charge in [0.05, 0.1) is 24.5 Å². The molecule has 7 heteroatoms. The summed E-state index contributed by atoms with van der Waals surface area (Å²) in [7, 11) is 1.37. The van der Waals surface area contributed by atoms with Crippen molar-refractivity contribution in [2.75, 3.05) is 43.5 Å². The van der Waals surface area contributed by atoms with Crippen LogP contribution in [-0.2, 0) is 4.74 Å². The second kappa shape index (κ2) is 9.32. The lowest BCUT2D eigenvalue weighted by Gasteiger charge is -2.36. The molecule has 29 heavy (non-hydrogen) atoms. The van der Waals surface area contributed by atoms with Gasteiger partial charge in [0.1, 0.15) is 5.75 Å². The molecule has 2 aromatic rings. The van der Waals surface area contributed by atoms with Crippen LogP contribution in [0.25, 0.3) is 0 Å². The summed E-state index contributed by atoms with van der Waals surface area (Å²) in [5, 5.41) is 2.95. The molecule has 0 spiro atoms. The van der Waals surface area contributed by atoms with Gasteiger partial charge < -0.3 is 24.6 Å². The van der Waals surface area contributed by atoms with Crippen LogP contribution in [0.1, 0.15) is 24.2 Å². The van der Waals surface area contributed by atoms with Gasteiger partial charge >= 0.3 is 12.0 Å². The summed E-state index contributed by atoms with van der Waals surface area (Å²) in [6.45, 7) is 6.44. The first kappa shape index (κ1) is 20.5. The van der Waals surface area contributed by atoms with Gasteiger partial charge in [0.2, 0.25) is 0 Å². The summed E-state index contributed by atoms with van der Waals surface area (Å²) < 4.78 is 10.6. The molecule has 0 bridgehead atoms. The Morgan fingerprint density at radius 2 is 1.72 bits per heavy atom. The molecular formula is C22H27N3O4. The number of urea groups is 1. The summed E-state index contributed by atoms with van der Waals surface area (Å²) in [6, 6.07) is 14.6. The number of methoxy groups -OCH3 is 1. The van der Waals surface area contributed by atoms with Crippen molar-refractivity contribution in [2.24, 2.45) is 0 Å². The maximum atomic E-state index is 12.7. The minimum absolute atomic E-state index is 0.0253. The average Bonchev–Trinajstić information content (AvgIpc) is 2.74. The van der Waals surface area contributed by atoms with E-state index < -0.39 is 0 Å². The van der Waals surface area contributed by atoms with E-state index in [2.05, 4.69) is 10.2 Å². The molecule has 1 N–H and O–H groups in total. The molecule has 0 aliphatic carbocycles. The number of para-hydroxylation sites is 2. The van der Waals surface area contributed by atoms with Gasteiger partial charge in [-0.1, -0.05) is 18.2 Å². The number of benzene rings is 2. The fourth-order valence-corrected chi connectivity index (χ4v) is 3.24. The number of nitrogens with one attached hydrogen (secondary N) is 1. The molecular weight excluding hydrogens is 370 g/mol. The highest BCUT2D eigenvalue weighted by Gasteiger charge is 2.22. The molecule has 0 saturated carbocycles. The van der Waals surface area contributed by atoms with E-state index >= 15 is 0 Å². The number of amides is 2. The van der Waals surface area contributed by atoms with Gasteiger partial charge in [-0.3, -0.25) is 0 Å². The molecule has 1 heterocycles. The first-order chi connectivity index (χ1) is 14.0. The topological polar surface area (TPSA) is 71.1 Å². The molecule has 1 aliphatic rings. The fraction of sp³-hybridized carbons (Fsp3) is 0.364. The third-order valence-electron chi connectivity index (χ3n) is 4.69. The molecule has 2 aromatic carbocycles. The molecule has 0 atom stereocenters. The monoisotopic (exact) mass is 397 g/mol. The van der Waals surface area contributed by atoms with E-state index in [9.17, 15) is 9.59 Å². The predicted octanol–water partition coefficient (Wildman–Crippen LogP) is 3.61. The molecule has 2 amide bonds. The number of rotatable bonds is 5. The normalized spacial score (nSPS) is 13.9. The van der Waals surface area contributed by atoms with Gasteiger partial charge in [0, 0.05) is 31.9 Å². The first-order valence-corrected chi connectivity index (χ1v) is 9.73. The highest BCUT2D eigenvalue weighted by Crippen LogP contribution is 2.25. The van der Waals surface area contributed by atoms with E-state index in [0.29, 0.717) is 43.2 Å². The van der Waals surface area contributed by atoms with E-state index in [1.54, 1.807) is 11.0 Å². The molecule has 1 aliphatic heterocycles. The Bertz CT molecular complexity index is 861. The zero-order valence-corrected chi connectivity index (χ0v) is 17.1. The summed E-state index contributed by atoms with van der Waals surface area (Å²) in [5.41, 5.74) is 2.13. The van der Waals surface area contributed by atoms with Crippen molar-refractivity contribution in [3.63, 3.8) is 0 Å². The molecule has 0 aromatic heterocycles. The van der Waals surface area contributed by atoms with Crippen LogP contribution in [0.5, 0.6) is 5.75 Å². The van der Waals surface area contributed by atoms with E-state index in [1.165, 1.54) is 7.11 Å². The Morgan fingerprint density at radius 3 is 2.41 bits per heavy atom. The second-order valence-electron chi connectivity index (χ2n) is 7.11. The number of anilines is 2. The highest BCUT2D eigenvalue weighted by molar-refractivity contribution is 5.91. The smallest absolute Gasteiger partial charge is 0.337 e. The Hall–Kier alpha value is -3.22. The standard InChI is InChI=1S/C22H27N3O4/c1-16(2)29-20-10-5-4-9-19(20)23-22(27)25-13-11-24(12-14-25)18-8-6-7-17(15-18)21(26)28-3/h4-10,15-16H,11-14H2,1-3H3,(H,23,27). The second-order valence-corrected chi connectivity index (χ2v) is 7.11. The molecule has 1 fully saturated rings. The van der Waals surface area contributed by atoms with Crippen molar-refractivity contribution in [3.05, 3.63) is 54.1 Å². The summed E-state index contributed by atoms with van der Waals surface area (Å²) in [4.78, 5) is 28.4. The van der Waals surface area contributed by atoms with Gasteiger partial charge in [-0.2, -0.15) is 0 Å². The average molecular weight is 397 g/mol. The third-order valence-corrected chi connectivity index (χ3v) is 4.69. The number of nitrogens with zero attached hydrogens (tertiary/aromatic N) is 2. The number of piperazine rings is 1. The van der Waals surface area contributed by atoms with Gasteiger partial charge in [-0.25, -0.2) is 9.59 Å². The summed E-state index contributed by atoms with van der Waals surface area (Å²) in [6.07, 6.45) is 0.0253. The van der Waals surface area contributed by atoms with Gasteiger partial charge in [0.15, 0.2) is 0 Å². The van der Waals surface area contributed by atoms with Gasteiger partial charge in [0.25, 0.3) is 0 Å². The molecule has 154 valence electrons. The number of hydrogen-bond donors (Lipinski definition) is 1. The van der Waals surface area contributed by atoms with Crippen molar-refractivity contribution in [2.45, 2.75) is 20.0 Å². The Kier molecular flexibility index (Phi) is 6.59. The van der Waals surface area contributed by atoms with Crippen molar-refractivity contribution < 1.29 is 19.1 Å². The number of carbonyl (C=O) groups is 2. The van der Waals surface area contributed by atoms with Crippen LogP contribution in [0.4, 0.5) is 16.2 Å². The van der Waals surface area contributed by atoms with Crippen LogP contribution in [0.3, 0.4) is 0 Å². The van der Waals surface area contributed by atoms with Gasteiger partial charge in [-0.15, -0.1) is 0 Å². The molecule has 0 unspecified atom stereocenters. The summed E-state index contributed by atoms with van der Waals surface area (Å²) >= 11 is 0. The van der Waals surface area contributed by atoms with Crippen molar-refractivity contribution >= 4 is 23.4 Å². The molecule has 0 radical (unpaired) electrons. The number of carbonyl (C=O) groups excluding carboxylic acids is 2. The minimum Gasteiger partial charge on any atom is -0.489 e. The fourth-order valence-electron chi connectivity index (χ4n) is 3.24. The molecule has 7 nitrogen and oxygen atoms in total. The van der Waals surface area contributed by atoms with E-state index in [1.807, 2.05) is 56.3 Å². The van der Waals surface area contributed by atoms with Crippen LogP contribution >= 0.6 is 0 Å². The third kappa shape index (κ3) is 5.19. The largest absolute Gasteiger partial charge is 0.489 e. The van der Waals surface area contributed by atoms with Crippen LogP contribution in [0, 0.1) is 0 Å².